The SMILES string of the molecule is C#CCOC(=O)c1cc(Cl)c(OCc2ccccc2F)c(Cl)c1. The van der Waals surface area contributed by atoms with Crippen LogP contribution in [0.1, 0.15) is 15.9 Å². The second-order valence-electron chi connectivity index (χ2n) is 4.43. The molecule has 0 aliphatic rings. The van der Waals surface area contributed by atoms with E-state index in [4.69, 9.17) is 39.1 Å². The molecule has 0 atom stereocenters. The Morgan fingerprint density at radius 2 is 1.87 bits per heavy atom. The second kappa shape index (κ2) is 7.87. The first-order valence-electron chi connectivity index (χ1n) is 6.48. The molecule has 23 heavy (non-hydrogen) atoms. The first-order valence-corrected chi connectivity index (χ1v) is 7.24. The number of benzene rings is 2. The van der Waals surface area contributed by atoms with E-state index in [-0.39, 0.29) is 34.6 Å². The van der Waals surface area contributed by atoms with Gasteiger partial charge in [0.1, 0.15) is 12.4 Å². The summed E-state index contributed by atoms with van der Waals surface area (Å²) in [7, 11) is 0. The van der Waals surface area contributed by atoms with Gasteiger partial charge in [0.05, 0.1) is 15.6 Å². The van der Waals surface area contributed by atoms with Crippen molar-refractivity contribution in [3.05, 3.63) is 63.4 Å². The summed E-state index contributed by atoms with van der Waals surface area (Å²) in [5.41, 5.74) is 0.505. The van der Waals surface area contributed by atoms with Crippen molar-refractivity contribution in [3.63, 3.8) is 0 Å². The summed E-state index contributed by atoms with van der Waals surface area (Å²) >= 11 is 12.1. The lowest BCUT2D eigenvalue weighted by Crippen LogP contribution is -2.06. The molecule has 0 saturated heterocycles. The van der Waals surface area contributed by atoms with Crippen molar-refractivity contribution in [3.8, 4) is 18.1 Å². The molecule has 6 heteroatoms. The van der Waals surface area contributed by atoms with E-state index in [1.54, 1.807) is 18.2 Å². The van der Waals surface area contributed by atoms with E-state index >= 15 is 0 Å². The molecule has 2 rings (SSSR count). The van der Waals surface area contributed by atoms with E-state index < -0.39 is 11.8 Å². The molecule has 2 aromatic rings. The van der Waals surface area contributed by atoms with Gasteiger partial charge in [-0.15, -0.1) is 6.42 Å². The van der Waals surface area contributed by atoms with Gasteiger partial charge in [0, 0.05) is 5.56 Å². The maximum atomic E-state index is 13.6. The van der Waals surface area contributed by atoms with Crippen molar-refractivity contribution in [2.45, 2.75) is 6.61 Å². The van der Waals surface area contributed by atoms with Crippen LogP contribution in [0.2, 0.25) is 10.0 Å². The van der Waals surface area contributed by atoms with Crippen LogP contribution in [0.3, 0.4) is 0 Å². The normalized spacial score (nSPS) is 10.0. The van der Waals surface area contributed by atoms with Crippen LogP contribution in [0.5, 0.6) is 5.75 Å². The van der Waals surface area contributed by atoms with E-state index in [2.05, 4.69) is 5.92 Å². The molecule has 3 nitrogen and oxygen atoms in total. The Hall–Kier alpha value is -2.22. The minimum absolute atomic E-state index is 0.0486. The van der Waals surface area contributed by atoms with E-state index in [9.17, 15) is 9.18 Å². The van der Waals surface area contributed by atoms with Gasteiger partial charge in [-0.2, -0.15) is 0 Å². The summed E-state index contributed by atoms with van der Waals surface area (Å²) in [5.74, 6) is 1.30. The fourth-order valence-electron chi connectivity index (χ4n) is 1.77. The zero-order valence-corrected chi connectivity index (χ0v) is 13.3. The maximum Gasteiger partial charge on any atom is 0.339 e. The number of hydrogen-bond donors (Lipinski definition) is 0. The van der Waals surface area contributed by atoms with Gasteiger partial charge in [0.2, 0.25) is 0 Å². The molecule has 118 valence electrons. The summed E-state index contributed by atoms with van der Waals surface area (Å²) in [6.45, 7) is -0.202. The van der Waals surface area contributed by atoms with Crippen molar-refractivity contribution in [1.82, 2.24) is 0 Å². The highest BCUT2D eigenvalue weighted by Gasteiger charge is 2.15. The van der Waals surface area contributed by atoms with Crippen molar-refractivity contribution in [2.24, 2.45) is 0 Å². The highest BCUT2D eigenvalue weighted by atomic mass is 35.5. The number of ether oxygens (including phenoxy) is 2. The highest BCUT2D eigenvalue weighted by Crippen LogP contribution is 2.35. The number of hydrogen-bond acceptors (Lipinski definition) is 3. The predicted molar refractivity (Wildman–Crippen MR) is 86.3 cm³/mol. The Labute approximate surface area is 142 Å². The van der Waals surface area contributed by atoms with E-state index in [0.29, 0.717) is 5.56 Å². The van der Waals surface area contributed by atoms with Crippen molar-refractivity contribution >= 4 is 29.2 Å². The standard InChI is InChI=1S/C17H11Cl2FO3/c1-2-7-22-17(21)12-8-13(18)16(14(19)9-12)23-10-11-5-3-4-6-15(11)20/h1,3-6,8-9H,7,10H2. The van der Waals surface area contributed by atoms with E-state index in [0.717, 1.165) is 0 Å². The van der Waals surface area contributed by atoms with Crippen LogP contribution in [-0.4, -0.2) is 12.6 Å². The lowest BCUT2D eigenvalue weighted by atomic mass is 10.2. The molecule has 0 bridgehead atoms. The number of esters is 1. The fraction of sp³-hybridized carbons (Fsp3) is 0.118. The number of terminal acetylenes is 1. The van der Waals surface area contributed by atoms with Gasteiger partial charge in [-0.05, 0) is 18.2 Å². The first-order chi connectivity index (χ1) is 11.0. The molecular formula is C17H11Cl2FO3. The summed E-state index contributed by atoms with van der Waals surface area (Å²) in [4.78, 5) is 11.7. The van der Waals surface area contributed by atoms with Gasteiger partial charge in [-0.1, -0.05) is 47.3 Å². The Balaban J connectivity index is 2.16. The number of rotatable bonds is 5. The van der Waals surface area contributed by atoms with Gasteiger partial charge in [0.15, 0.2) is 12.4 Å². The molecule has 0 radical (unpaired) electrons. The van der Waals surface area contributed by atoms with Crippen molar-refractivity contribution in [1.29, 1.82) is 0 Å². The predicted octanol–water partition coefficient (Wildman–Crippen LogP) is 4.50. The summed E-state index contributed by atoms with van der Waals surface area (Å²) in [5, 5.41) is 0.225. The van der Waals surface area contributed by atoms with Gasteiger partial charge in [-0.25, -0.2) is 9.18 Å². The van der Waals surface area contributed by atoms with Crippen LogP contribution in [0.15, 0.2) is 36.4 Å². The molecule has 0 heterocycles. The molecule has 0 aliphatic heterocycles. The van der Waals surface area contributed by atoms with Gasteiger partial charge >= 0.3 is 5.97 Å². The lowest BCUT2D eigenvalue weighted by Gasteiger charge is -2.12. The van der Waals surface area contributed by atoms with Crippen LogP contribution >= 0.6 is 23.2 Å². The molecule has 0 saturated carbocycles. The summed E-state index contributed by atoms with van der Waals surface area (Å²) < 4.78 is 23.8. The summed E-state index contributed by atoms with van der Waals surface area (Å²) in [6.07, 6.45) is 5.02. The number of halogens is 3. The zero-order chi connectivity index (χ0) is 16.8. The average molecular weight is 353 g/mol. The Morgan fingerprint density at radius 1 is 1.22 bits per heavy atom. The minimum atomic E-state index is -0.646. The number of carbonyl (C=O) groups is 1. The minimum Gasteiger partial charge on any atom is -0.486 e. The highest BCUT2D eigenvalue weighted by molar-refractivity contribution is 6.37. The van der Waals surface area contributed by atoms with Crippen LogP contribution in [0.25, 0.3) is 0 Å². The Bertz CT molecular complexity index is 746. The molecule has 0 aromatic heterocycles. The molecule has 0 amide bonds. The van der Waals surface area contributed by atoms with Crippen molar-refractivity contribution in [2.75, 3.05) is 6.61 Å². The quantitative estimate of drug-likeness (QED) is 0.586. The summed E-state index contributed by atoms with van der Waals surface area (Å²) in [6, 6.07) is 8.88. The van der Waals surface area contributed by atoms with Crippen LogP contribution in [-0.2, 0) is 11.3 Å². The third-order valence-corrected chi connectivity index (χ3v) is 3.41. The number of carbonyl (C=O) groups excluding carboxylic acids is 1. The average Bonchev–Trinajstić information content (AvgIpc) is 2.53. The smallest absolute Gasteiger partial charge is 0.339 e. The molecule has 0 unspecified atom stereocenters. The molecular weight excluding hydrogens is 342 g/mol. The van der Waals surface area contributed by atoms with Gasteiger partial charge in [-0.3, -0.25) is 0 Å². The molecule has 0 spiro atoms. The van der Waals surface area contributed by atoms with Crippen molar-refractivity contribution < 1.29 is 18.7 Å². The second-order valence-corrected chi connectivity index (χ2v) is 5.24. The largest absolute Gasteiger partial charge is 0.486 e. The molecule has 0 aliphatic carbocycles. The third kappa shape index (κ3) is 4.38. The molecule has 0 N–H and O–H groups in total. The monoisotopic (exact) mass is 352 g/mol. The zero-order valence-electron chi connectivity index (χ0n) is 11.8. The van der Waals surface area contributed by atoms with Gasteiger partial charge in [0.25, 0.3) is 0 Å². The van der Waals surface area contributed by atoms with Gasteiger partial charge < -0.3 is 9.47 Å². The van der Waals surface area contributed by atoms with Crippen LogP contribution in [0, 0.1) is 18.2 Å². The van der Waals surface area contributed by atoms with Crippen LogP contribution in [0.4, 0.5) is 4.39 Å². The Morgan fingerprint density at radius 3 is 2.48 bits per heavy atom. The van der Waals surface area contributed by atoms with Crippen LogP contribution < -0.4 is 4.74 Å². The molecule has 2 aromatic carbocycles. The molecule has 0 fully saturated rings. The fourth-order valence-corrected chi connectivity index (χ4v) is 2.37. The first kappa shape index (κ1) is 17.1. The third-order valence-electron chi connectivity index (χ3n) is 2.85. The maximum absolute atomic E-state index is 13.6. The van der Waals surface area contributed by atoms with E-state index in [1.807, 2.05) is 0 Å². The topological polar surface area (TPSA) is 35.5 Å². The Kier molecular flexibility index (Phi) is 5.86. The lowest BCUT2D eigenvalue weighted by molar-refractivity contribution is 0.0556. The van der Waals surface area contributed by atoms with E-state index in [1.165, 1.54) is 18.2 Å².